The molecule has 17 heavy (non-hydrogen) atoms. The van der Waals surface area contributed by atoms with Gasteiger partial charge in [-0.3, -0.25) is 0 Å². The van der Waals surface area contributed by atoms with Crippen LogP contribution in [0.1, 0.15) is 25.7 Å². The number of hydrogen-bond acceptors (Lipinski definition) is 2. The Hall–Kier alpha value is -0.440. The summed E-state index contributed by atoms with van der Waals surface area (Å²) in [6.45, 7) is 0.800. The second kappa shape index (κ2) is 7.10. The Bertz CT molecular complexity index is 321. The highest BCUT2D eigenvalue weighted by atomic mass is 35.5. The number of benzene rings is 1. The molecule has 0 atom stereocenters. The highest BCUT2D eigenvalue weighted by molar-refractivity contribution is 6.30. The zero-order valence-corrected chi connectivity index (χ0v) is 11.3. The summed E-state index contributed by atoms with van der Waals surface area (Å²) in [7, 11) is 0. The van der Waals surface area contributed by atoms with E-state index < -0.39 is 0 Å². The molecule has 0 unspecified atom stereocenters. The maximum Gasteiger partial charge on any atom is 0.119 e. The highest BCUT2D eigenvalue weighted by Gasteiger charge is 2.18. The van der Waals surface area contributed by atoms with Gasteiger partial charge in [0, 0.05) is 11.1 Å². The van der Waals surface area contributed by atoms with Crippen LogP contribution in [0.4, 0.5) is 0 Å². The zero-order chi connectivity index (χ0) is 11.4. The second-order valence-corrected chi connectivity index (χ2v) is 4.98. The molecule has 0 aliphatic heterocycles. The van der Waals surface area contributed by atoms with Crippen LogP contribution in [0, 0.1) is 5.92 Å². The SMILES string of the molecule is Cl.NC1CCC(COc2ccc(Cl)cc2)CC1. The van der Waals surface area contributed by atoms with Crippen molar-refractivity contribution in [1.29, 1.82) is 0 Å². The molecule has 4 heteroatoms. The van der Waals surface area contributed by atoms with E-state index in [0.29, 0.717) is 12.0 Å². The van der Waals surface area contributed by atoms with Gasteiger partial charge in [0.1, 0.15) is 5.75 Å². The number of hydrogen-bond donors (Lipinski definition) is 1. The second-order valence-electron chi connectivity index (χ2n) is 4.55. The maximum atomic E-state index is 5.87. The summed E-state index contributed by atoms with van der Waals surface area (Å²) in [5, 5.41) is 0.746. The van der Waals surface area contributed by atoms with Crippen molar-refractivity contribution in [3.8, 4) is 5.75 Å². The average Bonchev–Trinajstić information content (AvgIpc) is 2.30. The third kappa shape index (κ3) is 4.74. The molecule has 1 aromatic rings. The van der Waals surface area contributed by atoms with Crippen LogP contribution in [0.5, 0.6) is 5.75 Å². The van der Waals surface area contributed by atoms with Crippen LogP contribution in [0.25, 0.3) is 0 Å². The van der Waals surface area contributed by atoms with Gasteiger partial charge in [-0.25, -0.2) is 0 Å². The van der Waals surface area contributed by atoms with Crippen LogP contribution in [0.2, 0.25) is 5.02 Å². The molecule has 2 nitrogen and oxygen atoms in total. The average molecular weight is 276 g/mol. The Morgan fingerprint density at radius 3 is 2.29 bits per heavy atom. The quantitative estimate of drug-likeness (QED) is 0.914. The van der Waals surface area contributed by atoms with E-state index in [0.717, 1.165) is 30.2 Å². The molecule has 0 heterocycles. The minimum atomic E-state index is 0. The molecule has 0 radical (unpaired) electrons. The molecule has 2 rings (SSSR count). The predicted octanol–water partition coefficient (Wildman–Crippen LogP) is 3.66. The molecule has 0 saturated heterocycles. The Morgan fingerprint density at radius 1 is 1.12 bits per heavy atom. The van der Waals surface area contributed by atoms with Crippen LogP contribution < -0.4 is 10.5 Å². The van der Waals surface area contributed by atoms with E-state index >= 15 is 0 Å². The molecule has 2 N–H and O–H groups in total. The molecule has 1 aromatic carbocycles. The van der Waals surface area contributed by atoms with E-state index in [4.69, 9.17) is 22.1 Å². The van der Waals surface area contributed by atoms with Gasteiger partial charge in [0.25, 0.3) is 0 Å². The summed E-state index contributed by atoms with van der Waals surface area (Å²) >= 11 is 5.81. The highest BCUT2D eigenvalue weighted by Crippen LogP contribution is 2.24. The molecule has 1 saturated carbocycles. The van der Waals surface area contributed by atoms with Crippen molar-refractivity contribution >= 4 is 24.0 Å². The summed E-state index contributed by atoms with van der Waals surface area (Å²) < 4.78 is 5.74. The summed E-state index contributed by atoms with van der Waals surface area (Å²) in [5.41, 5.74) is 5.87. The first-order chi connectivity index (χ1) is 7.74. The van der Waals surface area contributed by atoms with Gasteiger partial charge in [0.15, 0.2) is 0 Å². The largest absolute Gasteiger partial charge is 0.493 e. The smallest absolute Gasteiger partial charge is 0.119 e. The van der Waals surface area contributed by atoms with Crippen molar-refractivity contribution in [2.24, 2.45) is 11.7 Å². The number of nitrogens with two attached hydrogens (primary N) is 1. The van der Waals surface area contributed by atoms with Crippen LogP contribution in [-0.2, 0) is 0 Å². The van der Waals surface area contributed by atoms with E-state index in [1.165, 1.54) is 12.8 Å². The summed E-state index contributed by atoms with van der Waals surface area (Å²) in [6.07, 6.45) is 4.65. The molecule has 1 aliphatic carbocycles. The fourth-order valence-electron chi connectivity index (χ4n) is 2.10. The van der Waals surface area contributed by atoms with Gasteiger partial charge >= 0.3 is 0 Å². The predicted molar refractivity (Wildman–Crippen MR) is 74.1 cm³/mol. The first kappa shape index (κ1) is 14.6. The van der Waals surface area contributed by atoms with Crippen molar-refractivity contribution in [3.05, 3.63) is 29.3 Å². The summed E-state index contributed by atoms with van der Waals surface area (Å²) in [4.78, 5) is 0. The van der Waals surface area contributed by atoms with Crippen LogP contribution in [0.15, 0.2) is 24.3 Å². The van der Waals surface area contributed by atoms with Gasteiger partial charge in [0.2, 0.25) is 0 Å². The maximum absolute atomic E-state index is 5.87. The number of halogens is 2. The van der Waals surface area contributed by atoms with Gasteiger partial charge in [-0.2, -0.15) is 0 Å². The first-order valence-electron chi connectivity index (χ1n) is 5.88. The molecule has 1 aliphatic rings. The van der Waals surface area contributed by atoms with Gasteiger partial charge in [0.05, 0.1) is 6.61 Å². The molecular weight excluding hydrogens is 257 g/mol. The Morgan fingerprint density at radius 2 is 1.71 bits per heavy atom. The van der Waals surface area contributed by atoms with E-state index in [9.17, 15) is 0 Å². The van der Waals surface area contributed by atoms with Gasteiger partial charge < -0.3 is 10.5 Å². The van der Waals surface area contributed by atoms with Crippen molar-refractivity contribution in [2.45, 2.75) is 31.7 Å². The first-order valence-corrected chi connectivity index (χ1v) is 6.26. The molecule has 0 aromatic heterocycles. The van der Waals surface area contributed by atoms with E-state index in [1.54, 1.807) is 0 Å². The third-order valence-corrected chi connectivity index (χ3v) is 3.44. The fraction of sp³-hybridized carbons (Fsp3) is 0.538. The normalized spacial score (nSPS) is 23.9. The zero-order valence-electron chi connectivity index (χ0n) is 9.77. The Balaban J connectivity index is 0.00000144. The molecule has 0 amide bonds. The van der Waals surface area contributed by atoms with Crippen molar-refractivity contribution < 1.29 is 4.74 Å². The lowest BCUT2D eigenvalue weighted by Crippen LogP contribution is -2.28. The van der Waals surface area contributed by atoms with Gasteiger partial charge in [-0.05, 0) is 55.9 Å². The minimum absolute atomic E-state index is 0. The lowest BCUT2D eigenvalue weighted by Gasteiger charge is -2.25. The number of ether oxygens (including phenoxy) is 1. The van der Waals surface area contributed by atoms with Gasteiger partial charge in [-0.15, -0.1) is 12.4 Å². The molecule has 0 bridgehead atoms. The van der Waals surface area contributed by atoms with Crippen LogP contribution >= 0.6 is 24.0 Å². The van der Waals surface area contributed by atoms with Crippen molar-refractivity contribution in [3.63, 3.8) is 0 Å². The van der Waals surface area contributed by atoms with Crippen molar-refractivity contribution in [1.82, 2.24) is 0 Å². The number of rotatable bonds is 3. The van der Waals surface area contributed by atoms with E-state index in [1.807, 2.05) is 24.3 Å². The Labute approximate surface area is 114 Å². The third-order valence-electron chi connectivity index (χ3n) is 3.19. The van der Waals surface area contributed by atoms with Crippen LogP contribution in [0.3, 0.4) is 0 Å². The monoisotopic (exact) mass is 275 g/mol. The summed E-state index contributed by atoms with van der Waals surface area (Å²) in [6, 6.07) is 7.95. The molecular formula is C13H19Cl2NO. The minimum Gasteiger partial charge on any atom is -0.493 e. The topological polar surface area (TPSA) is 35.2 Å². The molecule has 1 fully saturated rings. The summed E-state index contributed by atoms with van der Waals surface area (Å²) in [5.74, 6) is 1.56. The standard InChI is InChI=1S/C13H18ClNO.ClH/c14-11-3-7-13(8-4-11)16-9-10-1-5-12(15)6-2-10;/h3-4,7-8,10,12H,1-2,5-6,9,15H2;1H. The lowest BCUT2D eigenvalue weighted by molar-refractivity contribution is 0.200. The Kier molecular flexibility index (Phi) is 6.10. The van der Waals surface area contributed by atoms with Crippen molar-refractivity contribution in [2.75, 3.05) is 6.61 Å². The lowest BCUT2D eigenvalue weighted by atomic mass is 9.87. The van der Waals surface area contributed by atoms with E-state index in [-0.39, 0.29) is 12.4 Å². The molecule has 96 valence electrons. The van der Waals surface area contributed by atoms with Crippen LogP contribution in [-0.4, -0.2) is 12.6 Å². The molecule has 0 spiro atoms. The fourth-order valence-corrected chi connectivity index (χ4v) is 2.23. The van der Waals surface area contributed by atoms with Gasteiger partial charge in [-0.1, -0.05) is 11.6 Å². The van der Waals surface area contributed by atoms with E-state index in [2.05, 4.69) is 0 Å².